The number of aromatic nitrogens is 2. The molecule has 2 aliphatic rings. The van der Waals surface area contributed by atoms with Gasteiger partial charge in [0.1, 0.15) is 6.54 Å². The summed E-state index contributed by atoms with van der Waals surface area (Å²) < 4.78 is 7.59. The highest BCUT2D eigenvalue weighted by molar-refractivity contribution is 5.76. The van der Waals surface area contributed by atoms with Crippen molar-refractivity contribution in [2.24, 2.45) is 11.8 Å². The maximum Gasteiger partial charge on any atom is 0.244 e. The third-order valence-corrected chi connectivity index (χ3v) is 6.22. The third kappa shape index (κ3) is 5.69. The average Bonchev–Trinajstić information content (AvgIpc) is 3.48. The van der Waals surface area contributed by atoms with E-state index in [0.717, 1.165) is 62.9 Å². The van der Waals surface area contributed by atoms with Gasteiger partial charge in [0, 0.05) is 25.4 Å². The number of nitrogens with zero attached hydrogens (tertiary/aromatic N) is 3. The summed E-state index contributed by atoms with van der Waals surface area (Å²) in [6.45, 7) is 7.68. The molecule has 2 fully saturated rings. The van der Waals surface area contributed by atoms with Gasteiger partial charge in [0.05, 0.1) is 12.3 Å². The van der Waals surface area contributed by atoms with Gasteiger partial charge in [-0.05, 0) is 75.0 Å². The van der Waals surface area contributed by atoms with Crippen molar-refractivity contribution in [1.82, 2.24) is 14.7 Å². The zero-order valence-corrected chi connectivity index (χ0v) is 17.8. The number of aryl methyl sites for hydroxylation is 2. The van der Waals surface area contributed by atoms with Gasteiger partial charge < -0.3 is 9.64 Å². The van der Waals surface area contributed by atoms with E-state index < -0.39 is 0 Å². The van der Waals surface area contributed by atoms with E-state index in [1.807, 2.05) is 29.5 Å². The Labute approximate surface area is 174 Å². The van der Waals surface area contributed by atoms with E-state index in [2.05, 4.69) is 29.4 Å². The first kappa shape index (κ1) is 20.1. The standard InChI is InChI=1S/C24H33N3O2/c1-18-13-19(2)27(25-18)15-24(28)26-11-9-21(10-12-26)14-20-3-5-22(6-4-20)16-29-17-23-7-8-23/h3-6,13,21,23H,7-12,14-17H2,1-2H3. The van der Waals surface area contributed by atoms with Gasteiger partial charge in [0.15, 0.2) is 0 Å². The van der Waals surface area contributed by atoms with E-state index in [0.29, 0.717) is 12.5 Å². The molecule has 1 aromatic heterocycles. The van der Waals surface area contributed by atoms with Crippen molar-refractivity contribution in [3.8, 4) is 0 Å². The molecular formula is C24H33N3O2. The molecule has 1 aliphatic carbocycles. The van der Waals surface area contributed by atoms with E-state index in [9.17, 15) is 4.79 Å². The molecule has 1 saturated carbocycles. The normalized spacial score (nSPS) is 17.7. The first-order valence-corrected chi connectivity index (χ1v) is 11.0. The fourth-order valence-electron chi connectivity index (χ4n) is 4.18. The van der Waals surface area contributed by atoms with Gasteiger partial charge in [-0.15, -0.1) is 0 Å². The Morgan fingerprint density at radius 3 is 2.34 bits per heavy atom. The fraction of sp³-hybridized carbons (Fsp3) is 0.583. The lowest BCUT2D eigenvalue weighted by molar-refractivity contribution is -0.133. The number of carbonyl (C=O) groups excluding carboxylic acids is 1. The van der Waals surface area contributed by atoms with Crippen LogP contribution in [0.3, 0.4) is 0 Å². The van der Waals surface area contributed by atoms with Crippen LogP contribution in [0.5, 0.6) is 0 Å². The van der Waals surface area contributed by atoms with E-state index in [4.69, 9.17) is 4.74 Å². The Bertz CT molecular complexity index is 815. The first-order chi connectivity index (χ1) is 14.1. The molecule has 4 rings (SSSR count). The van der Waals surface area contributed by atoms with Crippen LogP contribution in [0.4, 0.5) is 0 Å². The van der Waals surface area contributed by atoms with Crippen molar-refractivity contribution in [3.63, 3.8) is 0 Å². The van der Waals surface area contributed by atoms with Crippen molar-refractivity contribution in [2.75, 3.05) is 19.7 Å². The van der Waals surface area contributed by atoms with Crippen LogP contribution >= 0.6 is 0 Å². The Hall–Kier alpha value is -2.14. The quantitative estimate of drug-likeness (QED) is 0.681. The Morgan fingerprint density at radius 2 is 1.72 bits per heavy atom. The van der Waals surface area contributed by atoms with Gasteiger partial charge >= 0.3 is 0 Å². The molecule has 0 N–H and O–H groups in total. The summed E-state index contributed by atoms with van der Waals surface area (Å²) in [4.78, 5) is 14.6. The molecule has 29 heavy (non-hydrogen) atoms. The van der Waals surface area contributed by atoms with Crippen LogP contribution in [0.2, 0.25) is 0 Å². The average molecular weight is 396 g/mol. The summed E-state index contributed by atoms with van der Waals surface area (Å²) in [5, 5.41) is 4.41. The zero-order valence-electron chi connectivity index (χ0n) is 17.8. The molecule has 156 valence electrons. The number of ether oxygens (including phenoxy) is 1. The number of piperidine rings is 1. The number of rotatable bonds is 8. The minimum Gasteiger partial charge on any atom is -0.376 e. The van der Waals surface area contributed by atoms with Crippen molar-refractivity contribution in [1.29, 1.82) is 0 Å². The minimum atomic E-state index is 0.185. The molecule has 1 aromatic carbocycles. The lowest BCUT2D eigenvalue weighted by Gasteiger charge is -2.32. The van der Waals surface area contributed by atoms with Crippen molar-refractivity contribution in [2.45, 2.75) is 59.1 Å². The number of hydrogen-bond donors (Lipinski definition) is 0. The van der Waals surface area contributed by atoms with Gasteiger partial charge in [-0.25, -0.2) is 0 Å². The summed E-state index contributed by atoms with van der Waals surface area (Å²) >= 11 is 0. The summed E-state index contributed by atoms with van der Waals surface area (Å²) in [6.07, 6.45) is 5.94. The maximum atomic E-state index is 12.6. The molecule has 5 nitrogen and oxygen atoms in total. The number of amides is 1. The first-order valence-electron chi connectivity index (χ1n) is 11.0. The summed E-state index contributed by atoms with van der Waals surface area (Å²) in [5.41, 5.74) is 4.67. The smallest absolute Gasteiger partial charge is 0.244 e. The molecular weight excluding hydrogens is 362 g/mol. The lowest BCUT2D eigenvalue weighted by atomic mass is 9.90. The van der Waals surface area contributed by atoms with Crippen LogP contribution in [-0.2, 0) is 29.1 Å². The number of benzene rings is 1. The molecule has 1 amide bonds. The van der Waals surface area contributed by atoms with Crippen LogP contribution in [0.15, 0.2) is 30.3 Å². The van der Waals surface area contributed by atoms with Crippen LogP contribution in [0.25, 0.3) is 0 Å². The largest absolute Gasteiger partial charge is 0.376 e. The van der Waals surface area contributed by atoms with Crippen molar-refractivity contribution < 1.29 is 9.53 Å². The SMILES string of the molecule is Cc1cc(C)n(CC(=O)N2CCC(Cc3ccc(COCC4CC4)cc3)CC2)n1. The van der Waals surface area contributed by atoms with Crippen molar-refractivity contribution in [3.05, 3.63) is 52.8 Å². The van der Waals surface area contributed by atoms with Crippen LogP contribution in [-0.4, -0.2) is 40.3 Å². The second kappa shape index (κ2) is 9.12. The summed E-state index contributed by atoms with van der Waals surface area (Å²) in [5.74, 6) is 1.66. The molecule has 0 atom stereocenters. The second-order valence-electron chi connectivity index (χ2n) is 8.89. The van der Waals surface area contributed by atoms with Gasteiger partial charge in [0.25, 0.3) is 0 Å². The van der Waals surface area contributed by atoms with Crippen LogP contribution < -0.4 is 0 Å². The molecule has 0 spiro atoms. The Balaban J connectivity index is 1.20. The predicted molar refractivity (Wildman–Crippen MR) is 114 cm³/mol. The number of carbonyl (C=O) groups is 1. The monoisotopic (exact) mass is 395 g/mol. The third-order valence-electron chi connectivity index (χ3n) is 6.22. The lowest BCUT2D eigenvalue weighted by Crippen LogP contribution is -2.40. The maximum absolute atomic E-state index is 12.6. The zero-order chi connectivity index (χ0) is 20.2. The Morgan fingerprint density at radius 1 is 1.03 bits per heavy atom. The molecule has 0 bridgehead atoms. The summed E-state index contributed by atoms with van der Waals surface area (Å²) in [7, 11) is 0. The molecule has 1 saturated heterocycles. The van der Waals surface area contributed by atoms with Gasteiger partial charge in [0.2, 0.25) is 5.91 Å². The molecule has 2 aromatic rings. The highest BCUT2D eigenvalue weighted by Crippen LogP contribution is 2.29. The minimum absolute atomic E-state index is 0.185. The number of hydrogen-bond acceptors (Lipinski definition) is 3. The molecule has 0 unspecified atom stereocenters. The van der Waals surface area contributed by atoms with E-state index in [1.165, 1.54) is 24.0 Å². The fourth-order valence-corrected chi connectivity index (χ4v) is 4.18. The Kier molecular flexibility index (Phi) is 6.34. The predicted octanol–water partition coefficient (Wildman–Crippen LogP) is 3.91. The van der Waals surface area contributed by atoms with Crippen LogP contribution in [0.1, 0.15) is 48.2 Å². The highest BCUT2D eigenvalue weighted by Gasteiger charge is 2.24. The van der Waals surface area contributed by atoms with Gasteiger partial charge in [-0.3, -0.25) is 9.48 Å². The van der Waals surface area contributed by atoms with Crippen molar-refractivity contribution >= 4 is 5.91 Å². The molecule has 2 heterocycles. The van der Waals surface area contributed by atoms with E-state index >= 15 is 0 Å². The topological polar surface area (TPSA) is 47.4 Å². The van der Waals surface area contributed by atoms with Crippen LogP contribution in [0, 0.1) is 25.7 Å². The summed E-state index contributed by atoms with van der Waals surface area (Å²) in [6, 6.07) is 10.9. The highest BCUT2D eigenvalue weighted by atomic mass is 16.5. The second-order valence-corrected chi connectivity index (χ2v) is 8.89. The molecule has 1 aliphatic heterocycles. The van der Waals surface area contributed by atoms with Gasteiger partial charge in [-0.2, -0.15) is 5.10 Å². The van der Waals surface area contributed by atoms with E-state index in [1.54, 1.807) is 0 Å². The van der Waals surface area contributed by atoms with E-state index in [-0.39, 0.29) is 5.91 Å². The number of likely N-dealkylation sites (tertiary alicyclic amines) is 1. The van der Waals surface area contributed by atoms with Gasteiger partial charge in [-0.1, -0.05) is 24.3 Å². The molecule has 0 radical (unpaired) electrons. The molecule has 5 heteroatoms.